The summed E-state index contributed by atoms with van der Waals surface area (Å²) in [5.41, 5.74) is 6.92. The average Bonchev–Trinajstić information content (AvgIpc) is 2.89. The molecule has 1 N–H and O–H groups in total. The molecule has 20 heavy (non-hydrogen) atoms. The van der Waals surface area contributed by atoms with Gasteiger partial charge in [0.25, 0.3) is 0 Å². The van der Waals surface area contributed by atoms with Gasteiger partial charge in [0.1, 0.15) is 0 Å². The van der Waals surface area contributed by atoms with Crippen LogP contribution in [0.1, 0.15) is 47.2 Å². The highest BCUT2D eigenvalue weighted by molar-refractivity contribution is 5.42. The summed E-state index contributed by atoms with van der Waals surface area (Å²) >= 11 is 0. The van der Waals surface area contributed by atoms with Crippen molar-refractivity contribution in [3.8, 4) is 0 Å². The molecule has 1 aromatic heterocycles. The maximum absolute atomic E-state index is 4.62. The molecule has 0 fully saturated rings. The second kappa shape index (κ2) is 5.76. The summed E-state index contributed by atoms with van der Waals surface area (Å²) < 4.78 is 0. The van der Waals surface area contributed by atoms with E-state index >= 15 is 0 Å². The molecule has 104 valence electrons. The number of fused-ring (bicyclic) bond motifs is 1. The second-order valence-corrected chi connectivity index (χ2v) is 5.61. The zero-order chi connectivity index (χ0) is 13.9. The van der Waals surface area contributed by atoms with Crippen LogP contribution in [0.15, 0.2) is 36.5 Å². The molecule has 1 aliphatic carbocycles. The van der Waals surface area contributed by atoms with E-state index in [-0.39, 0.29) is 0 Å². The first-order chi connectivity index (χ1) is 9.79. The second-order valence-electron chi connectivity index (χ2n) is 5.61. The number of aryl methyl sites for hydroxylation is 2. The molecule has 0 radical (unpaired) electrons. The van der Waals surface area contributed by atoms with Crippen LogP contribution in [0.25, 0.3) is 0 Å². The van der Waals surface area contributed by atoms with E-state index in [1.807, 2.05) is 12.3 Å². The Balaban J connectivity index is 1.88. The van der Waals surface area contributed by atoms with Gasteiger partial charge in [0.15, 0.2) is 0 Å². The first-order valence-corrected chi connectivity index (χ1v) is 7.53. The molecule has 1 heterocycles. The summed E-state index contributed by atoms with van der Waals surface area (Å²) in [5.74, 6) is 0.486. The molecular weight excluding hydrogens is 244 g/mol. The summed E-state index contributed by atoms with van der Waals surface area (Å²) in [6.45, 7) is 6.34. The smallest absolute Gasteiger partial charge is 0.0510 e. The predicted octanol–water partition coefficient (Wildman–Crippen LogP) is 3.58. The predicted molar refractivity (Wildman–Crippen MR) is 83.0 cm³/mol. The minimum atomic E-state index is 0.486. The standard InChI is InChI=1S/C18H22N2/c1-3-19-12-14-6-8-16(13(2)11-14)17-9-7-15-5-4-10-20-18(15)17/h4-6,8,10-11,17,19H,3,7,9,12H2,1-2H3. The fraction of sp³-hybridized carbons (Fsp3) is 0.389. The van der Waals surface area contributed by atoms with Gasteiger partial charge in [0.2, 0.25) is 0 Å². The number of hydrogen-bond acceptors (Lipinski definition) is 2. The lowest BCUT2D eigenvalue weighted by atomic mass is 9.91. The first kappa shape index (κ1) is 13.3. The fourth-order valence-corrected chi connectivity index (χ4v) is 3.22. The van der Waals surface area contributed by atoms with E-state index < -0.39 is 0 Å². The van der Waals surface area contributed by atoms with E-state index in [0.717, 1.165) is 19.5 Å². The van der Waals surface area contributed by atoms with Crippen LogP contribution in [0.2, 0.25) is 0 Å². The molecule has 0 aliphatic heterocycles. The van der Waals surface area contributed by atoms with Crippen LogP contribution in [0.3, 0.4) is 0 Å². The molecular formula is C18H22N2. The Labute approximate surface area is 121 Å². The fourth-order valence-electron chi connectivity index (χ4n) is 3.22. The van der Waals surface area contributed by atoms with E-state index in [1.165, 1.54) is 34.4 Å². The highest BCUT2D eigenvalue weighted by Crippen LogP contribution is 2.37. The zero-order valence-corrected chi connectivity index (χ0v) is 12.3. The number of nitrogens with zero attached hydrogens (tertiary/aromatic N) is 1. The van der Waals surface area contributed by atoms with Crippen molar-refractivity contribution in [1.82, 2.24) is 10.3 Å². The quantitative estimate of drug-likeness (QED) is 0.915. The molecule has 2 aromatic rings. The maximum Gasteiger partial charge on any atom is 0.0510 e. The molecule has 1 aliphatic rings. The van der Waals surface area contributed by atoms with Crippen LogP contribution in [0, 0.1) is 6.92 Å². The Morgan fingerprint density at radius 2 is 2.20 bits per heavy atom. The summed E-state index contributed by atoms with van der Waals surface area (Å²) in [6.07, 6.45) is 4.28. The van der Waals surface area contributed by atoms with Gasteiger partial charge >= 0.3 is 0 Å². The summed E-state index contributed by atoms with van der Waals surface area (Å²) in [7, 11) is 0. The van der Waals surface area contributed by atoms with Gasteiger partial charge in [-0.25, -0.2) is 0 Å². The lowest BCUT2D eigenvalue weighted by Crippen LogP contribution is -2.12. The van der Waals surface area contributed by atoms with Crippen LogP contribution < -0.4 is 5.32 Å². The zero-order valence-electron chi connectivity index (χ0n) is 12.3. The molecule has 1 atom stereocenters. The monoisotopic (exact) mass is 266 g/mol. The molecule has 0 amide bonds. The van der Waals surface area contributed by atoms with Gasteiger partial charge < -0.3 is 5.32 Å². The van der Waals surface area contributed by atoms with Gasteiger partial charge in [-0.05, 0) is 54.6 Å². The number of aromatic nitrogens is 1. The van der Waals surface area contributed by atoms with Crippen molar-refractivity contribution in [3.05, 3.63) is 64.5 Å². The van der Waals surface area contributed by atoms with Gasteiger partial charge in [-0.15, -0.1) is 0 Å². The number of hydrogen-bond donors (Lipinski definition) is 1. The van der Waals surface area contributed by atoms with Gasteiger partial charge in [-0.3, -0.25) is 4.98 Å². The molecule has 2 heteroatoms. The molecule has 2 nitrogen and oxygen atoms in total. The minimum Gasteiger partial charge on any atom is -0.313 e. The van der Waals surface area contributed by atoms with Gasteiger partial charge in [0.05, 0.1) is 5.69 Å². The SMILES string of the molecule is CCNCc1ccc(C2CCc3cccnc32)c(C)c1. The molecule has 0 bridgehead atoms. The Bertz CT molecular complexity index is 604. The molecule has 0 saturated heterocycles. The third-order valence-corrected chi connectivity index (χ3v) is 4.25. The van der Waals surface area contributed by atoms with Gasteiger partial charge in [-0.1, -0.05) is 31.2 Å². The molecule has 0 spiro atoms. The van der Waals surface area contributed by atoms with E-state index in [0.29, 0.717) is 5.92 Å². The van der Waals surface area contributed by atoms with Crippen molar-refractivity contribution >= 4 is 0 Å². The lowest BCUT2D eigenvalue weighted by molar-refractivity contribution is 0.723. The van der Waals surface area contributed by atoms with Crippen molar-refractivity contribution in [3.63, 3.8) is 0 Å². The third-order valence-electron chi connectivity index (χ3n) is 4.25. The maximum atomic E-state index is 4.62. The largest absolute Gasteiger partial charge is 0.313 e. The molecule has 1 aromatic carbocycles. The Morgan fingerprint density at radius 3 is 3.00 bits per heavy atom. The number of pyridine rings is 1. The van der Waals surface area contributed by atoms with Crippen molar-refractivity contribution in [2.24, 2.45) is 0 Å². The first-order valence-electron chi connectivity index (χ1n) is 7.53. The summed E-state index contributed by atoms with van der Waals surface area (Å²) in [5, 5.41) is 3.38. The van der Waals surface area contributed by atoms with Gasteiger partial charge in [0, 0.05) is 18.7 Å². The van der Waals surface area contributed by atoms with Crippen molar-refractivity contribution in [1.29, 1.82) is 0 Å². The highest BCUT2D eigenvalue weighted by Gasteiger charge is 2.26. The highest BCUT2D eigenvalue weighted by atomic mass is 14.8. The van der Waals surface area contributed by atoms with E-state index in [2.05, 4.69) is 48.4 Å². The van der Waals surface area contributed by atoms with Crippen molar-refractivity contribution < 1.29 is 0 Å². The third kappa shape index (κ3) is 2.48. The van der Waals surface area contributed by atoms with Crippen LogP contribution >= 0.6 is 0 Å². The molecule has 0 saturated carbocycles. The van der Waals surface area contributed by atoms with E-state index in [1.54, 1.807) is 0 Å². The van der Waals surface area contributed by atoms with Crippen molar-refractivity contribution in [2.75, 3.05) is 6.54 Å². The number of rotatable bonds is 4. The Kier molecular flexibility index (Phi) is 3.83. The minimum absolute atomic E-state index is 0.486. The van der Waals surface area contributed by atoms with E-state index in [9.17, 15) is 0 Å². The Hall–Kier alpha value is -1.67. The Morgan fingerprint density at radius 1 is 1.30 bits per heavy atom. The van der Waals surface area contributed by atoms with Crippen LogP contribution in [-0.4, -0.2) is 11.5 Å². The normalized spacial score (nSPS) is 17.2. The van der Waals surface area contributed by atoms with Crippen molar-refractivity contribution in [2.45, 2.75) is 39.2 Å². The van der Waals surface area contributed by atoms with Gasteiger partial charge in [-0.2, -0.15) is 0 Å². The topological polar surface area (TPSA) is 24.9 Å². The average molecular weight is 266 g/mol. The number of nitrogens with one attached hydrogen (secondary N) is 1. The van der Waals surface area contributed by atoms with E-state index in [4.69, 9.17) is 0 Å². The summed E-state index contributed by atoms with van der Waals surface area (Å²) in [4.78, 5) is 4.62. The molecule has 3 rings (SSSR count). The van der Waals surface area contributed by atoms with Crippen LogP contribution in [0.5, 0.6) is 0 Å². The molecule has 1 unspecified atom stereocenters. The van der Waals surface area contributed by atoms with Crippen LogP contribution in [-0.2, 0) is 13.0 Å². The number of benzene rings is 1. The summed E-state index contributed by atoms with van der Waals surface area (Å²) in [6, 6.07) is 11.1. The van der Waals surface area contributed by atoms with Crippen LogP contribution in [0.4, 0.5) is 0 Å². The lowest BCUT2D eigenvalue weighted by Gasteiger charge is -2.15.